The van der Waals surface area contributed by atoms with Gasteiger partial charge in [0.15, 0.2) is 0 Å². The van der Waals surface area contributed by atoms with Crippen molar-refractivity contribution in [2.75, 3.05) is 13.6 Å². The quantitative estimate of drug-likeness (QED) is 0.726. The minimum atomic E-state index is -0.442. The number of urea groups is 1. The summed E-state index contributed by atoms with van der Waals surface area (Å²) in [6.07, 6.45) is 6.51. The molecule has 0 aromatic carbocycles. The summed E-state index contributed by atoms with van der Waals surface area (Å²) >= 11 is 1.49. The van der Waals surface area contributed by atoms with Crippen molar-refractivity contribution in [1.29, 1.82) is 0 Å². The zero-order valence-corrected chi connectivity index (χ0v) is 18.7. The number of nitrogens with one attached hydrogen (secondary N) is 1. The van der Waals surface area contributed by atoms with Gasteiger partial charge in [0.1, 0.15) is 10.9 Å². The van der Waals surface area contributed by atoms with E-state index in [-0.39, 0.29) is 36.3 Å². The molecule has 30 heavy (non-hydrogen) atoms. The number of carbonyl (C=O) groups excluding carboxylic acids is 3. The molecule has 1 aliphatic carbocycles. The van der Waals surface area contributed by atoms with Gasteiger partial charge in [0.05, 0.1) is 16.6 Å². The Morgan fingerprint density at radius 3 is 2.67 bits per heavy atom. The number of nitrogens with zero attached hydrogens (tertiary/aromatic N) is 4. The highest BCUT2D eigenvalue weighted by atomic mass is 35.5. The van der Waals surface area contributed by atoms with Crippen molar-refractivity contribution in [3.8, 4) is 0 Å². The molecule has 3 aliphatic rings. The third-order valence-corrected chi connectivity index (χ3v) is 7.62. The van der Waals surface area contributed by atoms with E-state index in [4.69, 9.17) is 5.10 Å². The van der Waals surface area contributed by atoms with Crippen molar-refractivity contribution in [3.63, 3.8) is 0 Å². The summed E-state index contributed by atoms with van der Waals surface area (Å²) < 4.78 is 2.13. The molecule has 162 valence electrons. The average molecular weight is 452 g/mol. The van der Waals surface area contributed by atoms with Crippen LogP contribution in [-0.4, -0.2) is 63.1 Å². The lowest BCUT2D eigenvalue weighted by Gasteiger charge is -2.22. The second-order valence-electron chi connectivity index (χ2n) is 8.41. The summed E-state index contributed by atoms with van der Waals surface area (Å²) in [4.78, 5) is 41.6. The minimum absolute atomic E-state index is 0. The monoisotopic (exact) mass is 451 g/mol. The van der Waals surface area contributed by atoms with Crippen molar-refractivity contribution in [1.82, 2.24) is 24.9 Å². The Bertz CT molecular complexity index is 988. The van der Waals surface area contributed by atoms with Crippen molar-refractivity contribution in [2.24, 2.45) is 0 Å². The molecule has 2 saturated heterocycles. The standard InChI is InChI=1S/C20H25N5O3S.ClH/c1-11-14-9-16(29-19(14)25(22-11)13-6-4-3-5-7-13)17(26)21-12-8-15-18(27)23(2)20(28)24(15)10-12;/h9,12-13,15H,3-8,10H2,1-2H3,(H,21,26);1H/t12-,15-;/m0./s1. The van der Waals surface area contributed by atoms with Gasteiger partial charge in [0, 0.05) is 25.0 Å². The SMILES string of the molecule is Cc1nn(C2CCCCC2)c2sc(C(=O)N[C@H]3C[C@H]4C(=O)N(C)C(=O)N4C3)cc12.Cl. The number of rotatable bonds is 3. The molecule has 2 aliphatic heterocycles. The number of halogens is 1. The van der Waals surface area contributed by atoms with E-state index < -0.39 is 6.04 Å². The highest BCUT2D eigenvalue weighted by molar-refractivity contribution is 7.20. The fourth-order valence-electron chi connectivity index (χ4n) is 4.91. The molecule has 3 fully saturated rings. The van der Waals surface area contributed by atoms with Crippen LogP contribution in [0, 0.1) is 6.92 Å². The molecular weight excluding hydrogens is 426 g/mol. The molecule has 4 amide bonds. The number of aromatic nitrogens is 2. The van der Waals surface area contributed by atoms with Crippen LogP contribution in [-0.2, 0) is 4.79 Å². The number of hydrogen-bond acceptors (Lipinski definition) is 5. The van der Waals surface area contributed by atoms with Crippen LogP contribution in [0.4, 0.5) is 4.79 Å². The van der Waals surface area contributed by atoms with Crippen LogP contribution in [0.2, 0.25) is 0 Å². The summed E-state index contributed by atoms with van der Waals surface area (Å²) in [5, 5.41) is 8.82. The summed E-state index contributed by atoms with van der Waals surface area (Å²) in [5.74, 6) is -0.322. The van der Waals surface area contributed by atoms with E-state index in [1.54, 1.807) is 4.90 Å². The van der Waals surface area contributed by atoms with Crippen LogP contribution in [0.5, 0.6) is 0 Å². The Morgan fingerprint density at radius 2 is 1.97 bits per heavy atom. The van der Waals surface area contributed by atoms with Gasteiger partial charge >= 0.3 is 6.03 Å². The highest BCUT2D eigenvalue weighted by Gasteiger charge is 2.49. The van der Waals surface area contributed by atoms with Crippen LogP contribution < -0.4 is 5.32 Å². The van der Waals surface area contributed by atoms with Gasteiger partial charge in [-0.15, -0.1) is 23.7 Å². The molecule has 4 heterocycles. The maximum Gasteiger partial charge on any atom is 0.327 e. The lowest BCUT2D eigenvalue weighted by molar-refractivity contribution is -0.127. The normalized spacial score (nSPS) is 24.5. The third kappa shape index (κ3) is 3.28. The molecular formula is C20H26ClN5O3S. The predicted molar refractivity (Wildman–Crippen MR) is 116 cm³/mol. The van der Waals surface area contributed by atoms with Crippen LogP contribution in [0.1, 0.15) is 59.9 Å². The Balaban J connectivity index is 0.00000218. The maximum atomic E-state index is 12.9. The van der Waals surface area contributed by atoms with Crippen molar-refractivity contribution < 1.29 is 14.4 Å². The zero-order chi connectivity index (χ0) is 20.3. The van der Waals surface area contributed by atoms with Gasteiger partial charge < -0.3 is 10.2 Å². The van der Waals surface area contributed by atoms with E-state index in [1.807, 2.05) is 13.0 Å². The molecule has 1 saturated carbocycles. The number of fused-ring (bicyclic) bond motifs is 2. The second kappa shape index (κ2) is 7.85. The van der Waals surface area contributed by atoms with Gasteiger partial charge in [-0.1, -0.05) is 19.3 Å². The fourth-order valence-corrected chi connectivity index (χ4v) is 6.05. The van der Waals surface area contributed by atoms with Gasteiger partial charge in [-0.2, -0.15) is 5.10 Å². The summed E-state index contributed by atoms with van der Waals surface area (Å²) in [5.41, 5.74) is 0.960. The van der Waals surface area contributed by atoms with Gasteiger partial charge in [0.25, 0.3) is 11.8 Å². The molecule has 0 bridgehead atoms. The van der Waals surface area contributed by atoms with Crippen LogP contribution in [0.3, 0.4) is 0 Å². The van der Waals surface area contributed by atoms with Crippen LogP contribution >= 0.6 is 23.7 Å². The number of thiophene rings is 1. The Kier molecular flexibility index (Phi) is 5.52. The van der Waals surface area contributed by atoms with Crippen molar-refractivity contribution in [2.45, 2.75) is 63.6 Å². The zero-order valence-electron chi connectivity index (χ0n) is 17.1. The van der Waals surface area contributed by atoms with Gasteiger partial charge in [-0.3, -0.25) is 19.2 Å². The van der Waals surface area contributed by atoms with Crippen molar-refractivity contribution in [3.05, 3.63) is 16.6 Å². The molecule has 1 N–H and O–H groups in total. The fraction of sp³-hybridized carbons (Fsp3) is 0.600. The van der Waals surface area contributed by atoms with E-state index in [0.717, 1.165) is 33.7 Å². The predicted octanol–water partition coefficient (Wildman–Crippen LogP) is 3.10. The first kappa shape index (κ1) is 21.1. The first-order valence-corrected chi connectivity index (χ1v) is 11.1. The average Bonchev–Trinajstić information content (AvgIpc) is 3.45. The molecule has 10 heteroatoms. The van der Waals surface area contributed by atoms with E-state index in [9.17, 15) is 14.4 Å². The van der Waals surface area contributed by atoms with E-state index >= 15 is 0 Å². The van der Waals surface area contributed by atoms with E-state index in [2.05, 4.69) is 10.00 Å². The van der Waals surface area contributed by atoms with Crippen LogP contribution in [0.15, 0.2) is 6.07 Å². The molecule has 5 rings (SSSR count). The molecule has 0 radical (unpaired) electrons. The number of imide groups is 1. The first-order chi connectivity index (χ1) is 13.9. The summed E-state index contributed by atoms with van der Waals surface area (Å²) in [6.45, 7) is 2.38. The lowest BCUT2D eigenvalue weighted by atomic mass is 9.96. The molecule has 0 spiro atoms. The first-order valence-electron chi connectivity index (χ1n) is 10.3. The smallest absolute Gasteiger partial charge is 0.327 e. The largest absolute Gasteiger partial charge is 0.347 e. The molecule has 2 aromatic rings. The summed E-state index contributed by atoms with van der Waals surface area (Å²) in [6, 6.07) is 1.43. The second-order valence-corrected chi connectivity index (χ2v) is 9.44. The highest BCUT2D eigenvalue weighted by Crippen LogP contribution is 2.35. The van der Waals surface area contributed by atoms with Crippen LogP contribution in [0.25, 0.3) is 10.2 Å². The van der Waals surface area contributed by atoms with E-state index in [1.165, 1.54) is 37.6 Å². The van der Waals surface area contributed by atoms with Crippen molar-refractivity contribution >= 4 is 51.8 Å². The number of carbonyl (C=O) groups is 3. The maximum absolute atomic E-state index is 12.9. The number of amides is 4. The van der Waals surface area contributed by atoms with Gasteiger partial charge in [-0.05, 0) is 32.3 Å². The number of likely N-dealkylation sites (N-methyl/N-ethyl adjacent to an activating group) is 1. The minimum Gasteiger partial charge on any atom is -0.347 e. The Morgan fingerprint density at radius 1 is 1.23 bits per heavy atom. The molecule has 2 atom stereocenters. The molecule has 2 aromatic heterocycles. The Hall–Kier alpha value is -2.13. The molecule has 8 nitrogen and oxygen atoms in total. The lowest BCUT2D eigenvalue weighted by Crippen LogP contribution is -2.39. The topological polar surface area (TPSA) is 87.5 Å². The molecule has 0 unspecified atom stereocenters. The Labute approximate surface area is 185 Å². The number of aryl methyl sites for hydroxylation is 1. The summed E-state index contributed by atoms with van der Waals surface area (Å²) in [7, 11) is 1.51. The van der Waals surface area contributed by atoms with Gasteiger partial charge in [-0.25, -0.2) is 4.79 Å². The number of hydrogen-bond donors (Lipinski definition) is 1. The third-order valence-electron chi connectivity index (χ3n) is 6.50. The van der Waals surface area contributed by atoms with Gasteiger partial charge in [0.2, 0.25) is 0 Å². The van der Waals surface area contributed by atoms with E-state index in [0.29, 0.717) is 23.9 Å².